The van der Waals surface area contributed by atoms with Crippen molar-refractivity contribution in [2.75, 3.05) is 13.7 Å². The number of nitrogens with one attached hydrogen (secondary N) is 1. The van der Waals surface area contributed by atoms with E-state index in [4.69, 9.17) is 15.9 Å². The summed E-state index contributed by atoms with van der Waals surface area (Å²) in [6.45, 7) is 4.04. The third kappa shape index (κ3) is 3.15. The fourth-order valence-electron chi connectivity index (χ4n) is 2.50. The summed E-state index contributed by atoms with van der Waals surface area (Å²) in [7, 11) is 1.54. The molecule has 25 heavy (non-hydrogen) atoms. The normalized spacial score (nSPS) is 10.7. The average molecular weight is 419 g/mol. The maximum absolute atomic E-state index is 12.5. The lowest BCUT2D eigenvalue weighted by Crippen LogP contribution is -2.09. The van der Waals surface area contributed by atoms with Crippen LogP contribution < -0.4 is 15.0 Å². The molecular formula is C18H15BrN2O3S. The molecule has 0 fully saturated rings. The number of aromatic amines is 1. The van der Waals surface area contributed by atoms with E-state index < -0.39 is 0 Å². The van der Waals surface area contributed by atoms with Gasteiger partial charge in [-0.05, 0) is 47.5 Å². The molecule has 0 amide bonds. The number of terminal acetylenes is 1. The number of ether oxygens (including phenoxy) is 2. The summed E-state index contributed by atoms with van der Waals surface area (Å²) in [5.41, 5.74) is 1.53. The largest absolute Gasteiger partial charge is 0.493 e. The molecular weight excluding hydrogens is 404 g/mol. The number of thiophene rings is 1. The molecule has 0 aliphatic heterocycles. The molecule has 0 unspecified atom stereocenters. The van der Waals surface area contributed by atoms with Gasteiger partial charge in [-0.1, -0.05) is 5.92 Å². The number of H-pyrrole nitrogens is 1. The van der Waals surface area contributed by atoms with Crippen LogP contribution in [0.4, 0.5) is 0 Å². The quantitative estimate of drug-likeness (QED) is 0.649. The van der Waals surface area contributed by atoms with E-state index in [2.05, 4.69) is 31.8 Å². The van der Waals surface area contributed by atoms with Gasteiger partial charge in [0.05, 0.1) is 17.0 Å². The zero-order valence-electron chi connectivity index (χ0n) is 13.9. The second-order valence-electron chi connectivity index (χ2n) is 5.36. The van der Waals surface area contributed by atoms with E-state index in [-0.39, 0.29) is 12.2 Å². The minimum Gasteiger partial charge on any atom is -0.493 e. The Hall–Kier alpha value is -2.30. The van der Waals surface area contributed by atoms with E-state index >= 15 is 0 Å². The smallest absolute Gasteiger partial charge is 0.260 e. The van der Waals surface area contributed by atoms with Gasteiger partial charge in [0.1, 0.15) is 17.3 Å². The molecule has 1 N–H and O–H groups in total. The number of benzene rings is 1. The van der Waals surface area contributed by atoms with Gasteiger partial charge in [0, 0.05) is 10.4 Å². The first-order valence-corrected chi connectivity index (χ1v) is 9.01. The molecule has 2 heterocycles. The zero-order valence-corrected chi connectivity index (χ0v) is 16.3. The maximum Gasteiger partial charge on any atom is 0.260 e. The molecule has 0 radical (unpaired) electrons. The van der Waals surface area contributed by atoms with E-state index in [1.165, 1.54) is 11.3 Å². The van der Waals surface area contributed by atoms with Crippen LogP contribution in [0, 0.1) is 26.2 Å². The minimum absolute atomic E-state index is 0.128. The summed E-state index contributed by atoms with van der Waals surface area (Å²) in [4.78, 5) is 21.7. The predicted molar refractivity (Wildman–Crippen MR) is 104 cm³/mol. The topological polar surface area (TPSA) is 64.2 Å². The Bertz CT molecular complexity index is 1060. The maximum atomic E-state index is 12.5. The molecule has 3 aromatic rings. The predicted octanol–water partition coefficient (Wildman–Crippen LogP) is 4.05. The second kappa shape index (κ2) is 6.90. The number of halogens is 1. The Balaban J connectivity index is 2.17. The highest BCUT2D eigenvalue weighted by Crippen LogP contribution is 2.39. The Morgan fingerprint density at radius 2 is 2.16 bits per heavy atom. The van der Waals surface area contributed by atoms with Crippen molar-refractivity contribution in [2.24, 2.45) is 0 Å². The van der Waals surface area contributed by atoms with Crippen molar-refractivity contribution in [1.82, 2.24) is 9.97 Å². The van der Waals surface area contributed by atoms with Crippen LogP contribution in [0.15, 0.2) is 21.4 Å². The molecule has 128 valence electrons. The van der Waals surface area contributed by atoms with Crippen LogP contribution in [0.2, 0.25) is 0 Å². The number of hydrogen-bond donors (Lipinski definition) is 1. The van der Waals surface area contributed by atoms with Gasteiger partial charge < -0.3 is 14.5 Å². The van der Waals surface area contributed by atoms with Crippen molar-refractivity contribution in [2.45, 2.75) is 13.8 Å². The van der Waals surface area contributed by atoms with Gasteiger partial charge in [0.15, 0.2) is 11.5 Å². The number of methoxy groups -OCH3 is 1. The molecule has 0 atom stereocenters. The SMILES string of the molecule is C#CCOc1c(Br)cc(-c2nc3sc(C)c(C)c3c(=O)[nH]2)cc1OC. The van der Waals surface area contributed by atoms with Gasteiger partial charge in [-0.15, -0.1) is 17.8 Å². The van der Waals surface area contributed by atoms with Crippen molar-refractivity contribution in [1.29, 1.82) is 0 Å². The molecule has 5 nitrogen and oxygen atoms in total. The van der Waals surface area contributed by atoms with Crippen LogP contribution in [0.1, 0.15) is 10.4 Å². The highest BCUT2D eigenvalue weighted by atomic mass is 79.9. The molecule has 1 aromatic carbocycles. The Kier molecular flexibility index (Phi) is 4.84. The van der Waals surface area contributed by atoms with Crippen LogP contribution in [0.3, 0.4) is 0 Å². The summed E-state index contributed by atoms with van der Waals surface area (Å²) in [5.74, 6) is 3.90. The Morgan fingerprint density at radius 1 is 1.40 bits per heavy atom. The van der Waals surface area contributed by atoms with Crippen LogP contribution in [0.25, 0.3) is 21.6 Å². The lowest BCUT2D eigenvalue weighted by atomic mass is 10.1. The summed E-state index contributed by atoms with van der Waals surface area (Å²) in [6.07, 6.45) is 5.24. The molecule has 7 heteroatoms. The molecule has 0 saturated heterocycles. The van der Waals surface area contributed by atoms with E-state index in [0.29, 0.717) is 32.7 Å². The van der Waals surface area contributed by atoms with Crippen molar-refractivity contribution >= 4 is 37.5 Å². The van der Waals surface area contributed by atoms with Crippen LogP contribution >= 0.6 is 27.3 Å². The first-order valence-electron chi connectivity index (χ1n) is 7.40. The van der Waals surface area contributed by atoms with Crippen molar-refractivity contribution in [3.05, 3.63) is 37.4 Å². The van der Waals surface area contributed by atoms with E-state index in [9.17, 15) is 4.79 Å². The monoisotopic (exact) mass is 418 g/mol. The highest BCUT2D eigenvalue weighted by molar-refractivity contribution is 9.10. The number of fused-ring (bicyclic) bond motifs is 1. The lowest BCUT2D eigenvalue weighted by Gasteiger charge is -2.12. The van der Waals surface area contributed by atoms with Gasteiger partial charge in [-0.2, -0.15) is 0 Å². The van der Waals surface area contributed by atoms with E-state index in [0.717, 1.165) is 15.3 Å². The number of aryl methyl sites for hydroxylation is 2. The fourth-order valence-corrected chi connectivity index (χ4v) is 4.09. The van der Waals surface area contributed by atoms with Crippen molar-refractivity contribution in [3.63, 3.8) is 0 Å². The zero-order chi connectivity index (χ0) is 18.1. The summed E-state index contributed by atoms with van der Waals surface area (Å²) in [5, 5.41) is 0.645. The lowest BCUT2D eigenvalue weighted by molar-refractivity contribution is 0.329. The van der Waals surface area contributed by atoms with E-state index in [1.54, 1.807) is 13.2 Å². The molecule has 2 aromatic heterocycles. The fraction of sp³-hybridized carbons (Fsp3) is 0.222. The minimum atomic E-state index is -0.149. The first kappa shape index (κ1) is 17.5. The van der Waals surface area contributed by atoms with Gasteiger partial charge >= 0.3 is 0 Å². The number of hydrogen-bond acceptors (Lipinski definition) is 5. The molecule has 0 saturated carbocycles. The molecule has 0 aliphatic rings. The van der Waals surface area contributed by atoms with Crippen LogP contribution in [0.5, 0.6) is 11.5 Å². The van der Waals surface area contributed by atoms with E-state index in [1.807, 2.05) is 19.9 Å². The molecule has 0 bridgehead atoms. The summed E-state index contributed by atoms with van der Waals surface area (Å²) < 4.78 is 11.6. The van der Waals surface area contributed by atoms with Crippen molar-refractivity contribution in [3.8, 4) is 35.2 Å². The summed E-state index contributed by atoms with van der Waals surface area (Å²) in [6, 6.07) is 3.57. The van der Waals surface area contributed by atoms with Gasteiger partial charge in [0.25, 0.3) is 5.56 Å². The summed E-state index contributed by atoms with van der Waals surface area (Å²) >= 11 is 4.97. The molecule has 0 spiro atoms. The third-order valence-electron chi connectivity index (χ3n) is 3.84. The molecule has 0 aliphatic carbocycles. The van der Waals surface area contributed by atoms with Crippen LogP contribution in [-0.4, -0.2) is 23.7 Å². The Morgan fingerprint density at radius 3 is 2.84 bits per heavy atom. The van der Waals surface area contributed by atoms with Gasteiger partial charge in [-0.25, -0.2) is 4.98 Å². The Labute approximate surface area is 157 Å². The number of aromatic nitrogens is 2. The second-order valence-corrected chi connectivity index (χ2v) is 7.42. The first-order chi connectivity index (χ1) is 12.0. The van der Waals surface area contributed by atoms with Gasteiger partial charge in [0.2, 0.25) is 0 Å². The standard InChI is InChI=1S/C18H15BrN2O3S/c1-5-6-24-15-12(19)7-11(8-13(15)23-4)16-20-17(22)14-9(2)10(3)25-18(14)21-16/h1,7-8H,6H2,2-4H3,(H,20,21,22). The number of rotatable bonds is 4. The third-order valence-corrected chi connectivity index (χ3v) is 5.53. The highest BCUT2D eigenvalue weighted by Gasteiger charge is 2.16. The van der Waals surface area contributed by atoms with Gasteiger partial charge in [-0.3, -0.25) is 4.79 Å². The average Bonchev–Trinajstić information content (AvgIpc) is 2.87. The molecule has 3 rings (SSSR count). The van der Waals surface area contributed by atoms with Crippen LogP contribution in [-0.2, 0) is 0 Å². The number of nitrogens with zero attached hydrogens (tertiary/aromatic N) is 1. The van der Waals surface area contributed by atoms with Crippen molar-refractivity contribution < 1.29 is 9.47 Å².